The van der Waals surface area contributed by atoms with E-state index in [1.165, 1.54) is 6.07 Å². The number of aliphatic hydroxyl groups is 1. The Balaban J connectivity index is 1.22. The number of alkyl halides is 6. The number of likely N-dealkylation sites (tertiary alicyclic amines) is 1. The van der Waals surface area contributed by atoms with Gasteiger partial charge in [0.1, 0.15) is 16.8 Å². The molecule has 3 heterocycles. The summed E-state index contributed by atoms with van der Waals surface area (Å²) in [6.07, 6.45) is -8.09. The Morgan fingerprint density at radius 3 is 2.25 bits per heavy atom. The van der Waals surface area contributed by atoms with Crippen molar-refractivity contribution in [2.75, 3.05) is 32.8 Å². The lowest BCUT2D eigenvalue weighted by atomic mass is 9.89. The number of ether oxygens (including phenoxy) is 2. The van der Waals surface area contributed by atoms with Crippen LogP contribution < -0.4 is 14.8 Å². The van der Waals surface area contributed by atoms with Gasteiger partial charge in [-0.3, -0.25) is 14.6 Å². The molecule has 3 aliphatic heterocycles. The van der Waals surface area contributed by atoms with Crippen LogP contribution in [0.5, 0.6) is 11.5 Å². The van der Waals surface area contributed by atoms with Crippen LogP contribution in [0, 0.1) is 13.8 Å². The molecule has 52 heavy (non-hydrogen) atoms. The Kier molecular flexibility index (Phi) is 11.6. The first-order valence-electron chi connectivity index (χ1n) is 16.7. The Labute approximate surface area is 300 Å². The van der Waals surface area contributed by atoms with Gasteiger partial charge < -0.3 is 29.3 Å². The normalized spacial score (nSPS) is 19.9. The summed E-state index contributed by atoms with van der Waals surface area (Å²) in [5, 5.41) is 14.4. The average Bonchev–Trinajstić information content (AvgIpc) is 3.36. The van der Waals surface area contributed by atoms with E-state index in [9.17, 15) is 45.6 Å². The van der Waals surface area contributed by atoms with Gasteiger partial charge in [-0.15, -0.1) is 17.5 Å². The number of carbonyl (C=O) groups excluding carboxylic acids is 2. The summed E-state index contributed by atoms with van der Waals surface area (Å²) in [4.78, 5) is 32.6. The zero-order chi connectivity index (χ0) is 38.1. The first kappa shape index (κ1) is 39.4. The van der Waals surface area contributed by atoms with E-state index < -0.39 is 71.9 Å². The van der Waals surface area contributed by atoms with Gasteiger partial charge in [0, 0.05) is 43.7 Å². The highest BCUT2D eigenvalue weighted by Crippen LogP contribution is 2.37. The van der Waals surface area contributed by atoms with Gasteiger partial charge in [-0.1, -0.05) is 0 Å². The van der Waals surface area contributed by atoms with Crippen molar-refractivity contribution in [3.63, 3.8) is 0 Å². The van der Waals surface area contributed by atoms with Crippen LogP contribution in [-0.4, -0.2) is 93.0 Å². The van der Waals surface area contributed by atoms with Gasteiger partial charge in [-0.25, -0.2) is 0 Å². The largest absolute Gasteiger partial charge is 0.593 e. The van der Waals surface area contributed by atoms with Gasteiger partial charge in [0.2, 0.25) is 0 Å². The molecule has 2 amide bonds. The summed E-state index contributed by atoms with van der Waals surface area (Å²) in [5.41, 5.74) is 1.20. The van der Waals surface area contributed by atoms with Gasteiger partial charge in [-0.05, 0) is 106 Å². The predicted octanol–water partition coefficient (Wildman–Crippen LogP) is 5.96. The molecule has 0 radical (unpaired) electrons. The average molecular weight is 759 g/mol. The smallest absolute Gasteiger partial charge is 0.573 e. The van der Waals surface area contributed by atoms with Crippen molar-refractivity contribution in [2.24, 2.45) is 4.99 Å². The standard InChI is InChI=1S/C35H40F6N4O6S/c1-22-19-25(30(46)44-13-9-32(3,48)10-14-44)20-23(2)26(22)7-18-52(49)45-15-11-33(12-16-45)31(47)42-29(43-33)24-5-6-27(51-35(39,40)41)28(21-24)50-17-4-8-34(36,37)38/h5-7,18-21,48H,4,8-17H2,1-3H3,(H,42,43,47)/b18-7+. The lowest BCUT2D eigenvalue weighted by Gasteiger charge is -2.36. The number of amidine groups is 1. The maximum atomic E-state index is 13.3. The molecule has 2 fully saturated rings. The molecule has 10 nitrogen and oxygen atoms in total. The van der Waals surface area contributed by atoms with Crippen LogP contribution in [0.2, 0.25) is 0 Å². The van der Waals surface area contributed by atoms with E-state index >= 15 is 0 Å². The topological polar surface area (TPSA) is 127 Å². The van der Waals surface area contributed by atoms with Crippen molar-refractivity contribution in [2.45, 2.75) is 83.0 Å². The minimum atomic E-state index is -5.08. The van der Waals surface area contributed by atoms with E-state index in [2.05, 4.69) is 15.0 Å². The maximum Gasteiger partial charge on any atom is 0.573 e. The summed E-state index contributed by atoms with van der Waals surface area (Å²) >= 11 is -1.56. The summed E-state index contributed by atoms with van der Waals surface area (Å²) in [6, 6.07) is 6.87. The van der Waals surface area contributed by atoms with Gasteiger partial charge in [0.05, 0.1) is 23.6 Å². The highest BCUT2D eigenvalue weighted by atomic mass is 32.2. The number of hydrogen-bond acceptors (Lipinski definition) is 8. The molecule has 1 spiro atoms. The van der Waals surface area contributed by atoms with Gasteiger partial charge >= 0.3 is 12.5 Å². The lowest BCUT2D eigenvalue weighted by molar-refractivity contribution is -0.275. The molecule has 2 aromatic rings. The number of nitrogens with zero attached hydrogens (tertiary/aromatic N) is 3. The van der Waals surface area contributed by atoms with Gasteiger partial charge in [0.15, 0.2) is 11.5 Å². The quantitative estimate of drug-likeness (QED) is 0.174. The van der Waals surface area contributed by atoms with Crippen LogP contribution in [0.25, 0.3) is 6.08 Å². The number of amides is 2. The third-order valence-electron chi connectivity index (χ3n) is 9.41. The molecule has 0 bridgehead atoms. The van der Waals surface area contributed by atoms with E-state index in [0.29, 0.717) is 31.5 Å². The first-order chi connectivity index (χ1) is 24.2. The van der Waals surface area contributed by atoms with Crippen LogP contribution in [0.15, 0.2) is 40.7 Å². The van der Waals surface area contributed by atoms with E-state index in [0.717, 1.165) is 28.8 Å². The maximum absolute atomic E-state index is 13.3. The Morgan fingerprint density at radius 2 is 1.65 bits per heavy atom. The third kappa shape index (κ3) is 9.79. The van der Waals surface area contributed by atoms with Crippen LogP contribution in [0.4, 0.5) is 26.3 Å². The molecule has 0 saturated carbocycles. The van der Waals surface area contributed by atoms with Crippen molar-refractivity contribution in [1.82, 2.24) is 14.5 Å². The minimum Gasteiger partial charge on any atom is -0.593 e. The van der Waals surface area contributed by atoms with E-state index in [1.54, 1.807) is 39.7 Å². The fraction of sp³-hybridized carbons (Fsp3) is 0.514. The summed E-state index contributed by atoms with van der Waals surface area (Å²) in [7, 11) is 0. The summed E-state index contributed by atoms with van der Waals surface area (Å²) < 4.78 is 101. The second-order valence-electron chi connectivity index (χ2n) is 13.5. The Bertz CT molecular complexity index is 1690. The molecule has 2 N–H and O–H groups in total. The SMILES string of the molecule is Cc1cc(C(=O)N2CCC(C)(O)CC2)cc(C)c1/C=C/[S+]([O-])N1CCC2(CC1)N=C(c1ccc(OC(F)(F)F)c(OCCCC(F)(F)F)c1)NC2=O. The van der Waals surface area contributed by atoms with Crippen molar-refractivity contribution in [1.29, 1.82) is 0 Å². The number of halogens is 6. The zero-order valence-corrected chi connectivity index (χ0v) is 29.6. The third-order valence-corrected chi connectivity index (χ3v) is 10.7. The zero-order valence-electron chi connectivity index (χ0n) is 28.8. The van der Waals surface area contributed by atoms with Crippen molar-refractivity contribution in [3.8, 4) is 11.5 Å². The lowest BCUT2D eigenvalue weighted by Crippen LogP contribution is -2.50. The van der Waals surface area contributed by atoms with E-state index in [-0.39, 0.29) is 43.2 Å². The highest BCUT2D eigenvalue weighted by molar-refractivity contribution is 7.92. The molecular formula is C35H40F6N4O6S. The van der Waals surface area contributed by atoms with Crippen LogP contribution in [0.1, 0.15) is 78.1 Å². The van der Waals surface area contributed by atoms with Crippen LogP contribution in [0.3, 0.4) is 0 Å². The molecule has 1 unspecified atom stereocenters. The molecular weight excluding hydrogens is 718 g/mol. The molecule has 3 aliphatic rings. The van der Waals surface area contributed by atoms with Crippen molar-refractivity contribution >= 4 is 35.1 Å². The molecule has 17 heteroatoms. The number of rotatable bonds is 10. The van der Waals surface area contributed by atoms with Gasteiger partial charge in [0.25, 0.3) is 11.8 Å². The fourth-order valence-corrected chi connectivity index (χ4v) is 7.37. The number of benzene rings is 2. The predicted molar refractivity (Wildman–Crippen MR) is 181 cm³/mol. The summed E-state index contributed by atoms with van der Waals surface area (Å²) in [6.45, 7) is 6.38. The van der Waals surface area contributed by atoms with Crippen molar-refractivity contribution in [3.05, 3.63) is 63.6 Å². The Hall–Kier alpha value is -3.80. The molecule has 2 aromatic carbocycles. The second-order valence-corrected chi connectivity index (χ2v) is 14.9. The molecule has 0 aromatic heterocycles. The number of piperidine rings is 2. The van der Waals surface area contributed by atoms with Crippen molar-refractivity contribution < 1.29 is 55.1 Å². The second kappa shape index (κ2) is 15.3. The molecule has 2 saturated heterocycles. The first-order valence-corrected chi connectivity index (χ1v) is 17.9. The number of aryl methyl sites for hydroxylation is 2. The van der Waals surface area contributed by atoms with Crippen LogP contribution in [-0.2, 0) is 16.2 Å². The highest BCUT2D eigenvalue weighted by Gasteiger charge is 2.48. The van der Waals surface area contributed by atoms with E-state index in [4.69, 9.17) is 4.74 Å². The minimum absolute atomic E-state index is 0.0539. The molecule has 284 valence electrons. The molecule has 5 rings (SSSR count). The van der Waals surface area contributed by atoms with Gasteiger partial charge in [-0.2, -0.15) is 13.2 Å². The number of nitrogens with one attached hydrogen (secondary N) is 1. The van der Waals surface area contributed by atoms with Crippen LogP contribution >= 0.6 is 0 Å². The summed E-state index contributed by atoms with van der Waals surface area (Å²) in [5.74, 6) is -1.71. The number of aliphatic imine (C=N–C) groups is 1. The Morgan fingerprint density at radius 1 is 1.02 bits per heavy atom. The molecule has 1 atom stereocenters. The fourth-order valence-electron chi connectivity index (χ4n) is 6.41. The van der Waals surface area contributed by atoms with E-state index in [1.807, 2.05) is 13.8 Å². The number of hydrogen-bond donors (Lipinski definition) is 2. The monoisotopic (exact) mass is 758 g/mol. The number of carbonyl (C=O) groups is 2. The molecule has 0 aliphatic carbocycles.